The second-order valence-corrected chi connectivity index (χ2v) is 4.64. The molecule has 0 aromatic heterocycles. The molecule has 2 N–H and O–H groups in total. The van der Waals surface area contributed by atoms with Gasteiger partial charge in [-0.2, -0.15) is 0 Å². The molecule has 0 radical (unpaired) electrons. The minimum absolute atomic E-state index is 0.284. The second-order valence-electron chi connectivity index (χ2n) is 4.64. The van der Waals surface area contributed by atoms with Gasteiger partial charge in [0.15, 0.2) is 11.6 Å². The molecule has 0 heterocycles. The van der Waals surface area contributed by atoms with Crippen molar-refractivity contribution < 1.29 is 18.7 Å². The summed E-state index contributed by atoms with van der Waals surface area (Å²) >= 11 is 0. The Morgan fingerprint density at radius 3 is 2.57 bits per heavy atom. The minimum atomic E-state index is -0.953. The van der Waals surface area contributed by atoms with E-state index >= 15 is 0 Å². The largest absolute Gasteiger partial charge is 0.478 e. The molecule has 0 saturated carbocycles. The first kappa shape index (κ1) is 15.1. The molecular weight excluding hydrogens is 276 g/mol. The van der Waals surface area contributed by atoms with Gasteiger partial charge in [-0.05, 0) is 42.3 Å². The molecule has 2 aromatic carbocycles. The van der Waals surface area contributed by atoms with Crippen LogP contribution in [-0.4, -0.2) is 17.6 Å². The highest BCUT2D eigenvalue weighted by molar-refractivity contribution is 5.89. The molecule has 2 aromatic rings. The molecule has 5 heteroatoms. The van der Waals surface area contributed by atoms with Crippen LogP contribution >= 0.6 is 0 Å². The maximum atomic E-state index is 13.0. The molecule has 21 heavy (non-hydrogen) atoms. The van der Waals surface area contributed by atoms with Crippen molar-refractivity contribution in [2.45, 2.75) is 13.0 Å². The SMILES string of the molecule is O=C(O)c1ccccc1CCNCc1ccc(F)c(F)c1. The molecular formula is C16H15F2NO2. The summed E-state index contributed by atoms with van der Waals surface area (Å²) < 4.78 is 25.8. The van der Waals surface area contributed by atoms with Gasteiger partial charge in [0.2, 0.25) is 0 Å². The van der Waals surface area contributed by atoms with Gasteiger partial charge in [-0.15, -0.1) is 0 Å². The number of hydrogen-bond acceptors (Lipinski definition) is 2. The molecule has 0 atom stereocenters. The van der Waals surface area contributed by atoms with Gasteiger partial charge < -0.3 is 10.4 Å². The Labute approximate surface area is 121 Å². The van der Waals surface area contributed by atoms with Crippen LogP contribution < -0.4 is 5.32 Å². The van der Waals surface area contributed by atoms with Gasteiger partial charge in [0, 0.05) is 6.54 Å². The Balaban J connectivity index is 1.87. The van der Waals surface area contributed by atoms with Crippen molar-refractivity contribution in [3.8, 4) is 0 Å². The van der Waals surface area contributed by atoms with Crippen molar-refractivity contribution in [3.63, 3.8) is 0 Å². The number of carboxylic acid groups (broad SMARTS) is 1. The molecule has 0 amide bonds. The summed E-state index contributed by atoms with van der Waals surface area (Å²) in [5.41, 5.74) is 1.66. The van der Waals surface area contributed by atoms with Crippen LogP contribution in [0.4, 0.5) is 8.78 Å². The zero-order chi connectivity index (χ0) is 15.2. The smallest absolute Gasteiger partial charge is 0.335 e. The fourth-order valence-corrected chi connectivity index (χ4v) is 2.05. The van der Waals surface area contributed by atoms with Crippen LogP contribution in [0.3, 0.4) is 0 Å². The maximum absolute atomic E-state index is 13.0. The summed E-state index contributed by atoms with van der Waals surface area (Å²) in [6.45, 7) is 0.940. The Hall–Kier alpha value is -2.27. The van der Waals surface area contributed by atoms with Crippen LogP contribution in [-0.2, 0) is 13.0 Å². The lowest BCUT2D eigenvalue weighted by Gasteiger charge is -2.08. The average Bonchev–Trinajstić information content (AvgIpc) is 2.47. The van der Waals surface area contributed by atoms with Crippen molar-refractivity contribution >= 4 is 5.97 Å². The third-order valence-electron chi connectivity index (χ3n) is 3.13. The van der Waals surface area contributed by atoms with Gasteiger partial charge in [0.05, 0.1) is 5.56 Å². The molecule has 110 valence electrons. The van der Waals surface area contributed by atoms with E-state index in [9.17, 15) is 13.6 Å². The van der Waals surface area contributed by atoms with Gasteiger partial charge in [-0.3, -0.25) is 0 Å². The summed E-state index contributed by atoms with van der Waals surface area (Å²) in [6.07, 6.45) is 0.548. The molecule has 2 rings (SSSR count). The zero-order valence-corrected chi connectivity index (χ0v) is 11.3. The van der Waals surface area contributed by atoms with Gasteiger partial charge in [-0.25, -0.2) is 13.6 Å². The van der Waals surface area contributed by atoms with Gasteiger partial charge in [0.25, 0.3) is 0 Å². The number of halogens is 2. The van der Waals surface area contributed by atoms with E-state index in [-0.39, 0.29) is 5.56 Å². The highest BCUT2D eigenvalue weighted by Crippen LogP contribution is 2.10. The molecule has 3 nitrogen and oxygen atoms in total. The third kappa shape index (κ3) is 4.10. The highest BCUT2D eigenvalue weighted by Gasteiger charge is 2.08. The highest BCUT2D eigenvalue weighted by atomic mass is 19.2. The van der Waals surface area contributed by atoms with E-state index < -0.39 is 17.6 Å². The van der Waals surface area contributed by atoms with E-state index in [1.165, 1.54) is 6.07 Å². The minimum Gasteiger partial charge on any atom is -0.478 e. The average molecular weight is 291 g/mol. The lowest BCUT2D eigenvalue weighted by Crippen LogP contribution is -2.18. The molecule has 0 fully saturated rings. The van der Waals surface area contributed by atoms with E-state index in [1.54, 1.807) is 24.3 Å². The normalized spacial score (nSPS) is 10.6. The predicted molar refractivity (Wildman–Crippen MR) is 75.2 cm³/mol. The summed E-state index contributed by atoms with van der Waals surface area (Å²) in [7, 11) is 0. The monoisotopic (exact) mass is 291 g/mol. The van der Waals surface area contributed by atoms with Crippen LogP contribution in [0.2, 0.25) is 0 Å². The van der Waals surface area contributed by atoms with Crippen LogP contribution in [0.1, 0.15) is 21.5 Å². The number of hydrogen-bond donors (Lipinski definition) is 2. The predicted octanol–water partition coefficient (Wildman–Crippen LogP) is 3.00. The first-order chi connectivity index (χ1) is 10.1. The standard InChI is InChI=1S/C16H15F2NO2/c17-14-6-5-11(9-15(14)18)10-19-8-7-12-3-1-2-4-13(12)16(20)21/h1-6,9,19H,7-8,10H2,(H,20,21). The number of rotatable bonds is 6. The van der Waals surface area contributed by atoms with Crippen molar-refractivity contribution in [3.05, 3.63) is 70.8 Å². The lowest BCUT2D eigenvalue weighted by atomic mass is 10.0. The zero-order valence-electron chi connectivity index (χ0n) is 11.3. The quantitative estimate of drug-likeness (QED) is 0.804. The van der Waals surface area contributed by atoms with Gasteiger partial charge in [-0.1, -0.05) is 24.3 Å². The van der Waals surface area contributed by atoms with Crippen molar-refractivity contribution in [1.82, 2.24) is 5.32 Å². The van der Waals surface area contributed by atoms with Crippen LogP contribution in [0.25, 0.3) is 0 Å². The fraction of sp³-hybridized carbons (Fsp3) is 0.188. The lowest BCUT2D eigenvalue weighted by molar-refractivity contribution is 0.0695. The van der Waals surface area contributed by atoms with Crippen molar-refractivity contribution in [1.29, 1.82) is 0 Å². The van der Waals surface area contributed by atoms with E-state index in [0.29, 0.717) is 25.1 Å². The van der Waals surface area contributed by atoms with Crippen molar-refractivity contribution in [2.24, 2.45) is 0 Å². The molecule has 0 aliphatic carbocycles. The molecule has 0 spiro atoms. The van der Waals surface area contributed by atoms with Crippen LogP contribution in [0.5, 0.6) is 0 Å². The van der Waals surface area contributed by atoms with E-state index in [0.717, 1.165) is 17.7 Å². The van der Waals surface area contributed by atoms with Gasteiger partial charge in [0.1, 0.15) is 0 Å². The van der Waals surface area contributed by atoms with E-state index in [4.69, 9.17) is 5.11 Å². The van der Waals surface area contributed by atoms with E-state index in [1.807, 2.05) is 0 Å². The van der Waals surface area contributed by atoms with Gasteiger partial charge >= 0.3 is 5.97 Å². The number of benzene rings is 2. The van der Waals surface area contributed by atoms with E-state index in [2.05, 4.69) is 5.32 Å². The number of carbonyl (C=O) groups is 1. The molecule has 0 saturated heterocycles. The summed E-state index contributed by atoms with van der Waals surface area (Å²) in [5, 5.41) is 12.1. The molecule has 0 unspecified atom stereocenters. The third-order valence-corrected chi connectivity index (χ3v) is 3.13. The Morgan fingerprint density at radius 2 is 1.86 bits per heavy atom. The fourth-order valence-electron chi connectivity index (χ4n) is 2.05. The number of carboxylic acids is 1. The molecule has 0 aliphatic heterocycles. The summed E-state index contributed by atoms with van der Waals surface area (Å²) in [4.78, 5) is 11.0. The molecule has 0 aliphatic rings. The Kier molecular flexibility index (Phi) is 5.00. The Bertz CT molecular complexity index is 644. The number of nitrogens with one attached hydrogen (secondary N) is 1. The summed E-state index contributed by atoms with van der Waals surface area (Å²) in [6, 6.07) is 10.5. The maximum Gasteiger partial charge on any atom is 0.335 e. The molecule has 0 bridgehead atoms. The first-order valence-electron chi connectivity index (χ1n) is 6.54. The number of aromatic carboxylic acids is 1. The topological polar surface area (TPSA) is 49.3 Å². The van der Waals surface area contributed by atoms with Crippen LogP contribution in [0, 0.1) is 11.6 Å². The van der Waals surface area contributed by atoms with Crippen molar-refractivity contribution in [2.75, 3.05) is 6.54 Å². The Morgan fingerprint density at radius 1 is 1.10 bits per heavy atom. The van der Waals surface area contributed by atoms with Crippen LogP contribution in [0.15, 0.2) is 42.5 Å². The second kappa shape index (κ2) is 6.95. The first-order valence-corrected chi connectivity index (χ1v) is 6.54. The summed E-state index contributed by atoms with van der Waals surface area (Å²) in [5.74, 6) is -2.69.